The van der Waals surface area contributed by atoms with Crippen LogP contribution in [0.15, 0.2) is 12.1 Å². The van der Waals surface area contributed by atoms with Crippen LogP contribution in [-0.4, -0.2) is 11.1 Å². The molecule has 0 aliphatic carbocycles. The van der Waals surface area contributed by atoms with Crippen molar-refractivity contribution in [3.63, 3.8) is 0 Å². The van der Waals surface area contributed by atoms with Crippen LogP contribution >= 0.6 is 0 Å². The van der Waals surface area contributed by atoms with Gasteiger partial charge in [-0.15, -0.1) is 0 Å². The first-order valence-corrected chi connectivity index (χ1v) is 6.04. The molecule has 0 radical (unpaired) electrons. The third-order valence-electron chi connectivity index (χ3n) is 3.00. The number of phenols is 1. The Balaban J connectivity index is 0.00000324. The van der Waals surface area contributed by atoms with Crippen molar-refractivity contribution in [2.45, 2.75) is 52.4 Å². The topological polar surface area (TPSA) is 60.4 Å². The third-order valence-corrected chi connectivity index (χ3v) is 3.00. The fourth-order valence-electron chi connectivity index (χ4n) is 1.79. The number of hydrogen-bond acceptors (Lipinski definition) is 3. The minimum absolute atomic E-state index is 0. The van der Waals surface area contributed by atoms with Gasteiger partial charge in [0.05, 0.1) is 5.97 Å². The fraction of sp³-hybridized carbons (Fsp3) is 0.533. The summed E-state index contributed by atoms with van der Waals surface area (Å²) >= 11 is 0. The maximum atomic E-state index is 11.1. The van der Waals surface area contributed by atoms with E-state index in [1.54, 1.807) is 0 Å². The number of aromatic hydroxyl groups is 1. The summed E-state index contributed by atoms with van der Waals surface area (Å²) in [4.78, 5) is 11.1. The van der Waals surface area contributed by atoms with Crippen molar-refractivity contribution in [3.05, 3.63) is 28.8 Å². The van der Waals surface area contributed by atoms with Gasteiger partial charge < -0.3 is 15.0 Å². The number of carbonyl (C=O) groups excluding carboxylic acids is 1. The zero-order valence-corrected chi connectivity index (χ0v) is 14.9. The zero-order valence-electron chi connectivity index (χ0n) is 12.9. The van der Waals surface area contributed by atoms with Crippen molar-refractivity contribution in [1.82, 2.24) is 0 Å². The Labute approximate surface area is 137 Å². The summed E-state index contributed by atoms with van der Waals surface area (Å²) in [6.45, 7) is 11.8. The number of hydrogen-bond donors (Lipinski definition) is 1. The molecule has 0 bridgehead atoms. The van der Waals surface area contributed by atoms with E-state index in [0.29, 0.717) is 5.56 Å². The Morgan fingerprint density at radius 2 is 1.53 bits per heavy atom. The summed E-state index contributed by atoms with van der Waals surface area (Å²) in [6.07, 6.45) is 0. The molecule has 0 saturated heterocycles. The molecule has 0 spiro atoms. The molecule has 100 valence electrons. The first kappa shape index (κ1) is 18.5. The summed E-state index contributed by atoms with van der Waals surface area (Å²) in [5.41, 5.74) is 0.874. The minimum atomic E-state index is -1.34. The molecular formula is C15H21NaO3. The van der Waals surface area contributed by atoms with E-state index in [1.807, 2.05) is 47.6 Å². The van der Waals surface area contributed by atoms with Gasteiger partial charge in [-0.25, -0.2) is 0 Å². The quantitative estimate of drug-likeness (QED) is 0.692. The Morgan fingerprint density at radius 3 is 1.84 bits per heavy atom. The molecule has 0 amide bonds. The van der Waals surface area contributed by atoms with E-state index in [-0.39, 0.29) is 51.7 Å². The molecule has 0 aliphatic heterocycles. The molecule has 0 unspecified atom stereocenters. The van der Waals surface area contributed by atoms with Crippen molar-refractivity contribution >= 4 is 5.97 Å². The Kier molecular flexibility index (Phi) is 5.70. The smallest absolute Gasteiger partial charge is 0.545 e. The van der Waals surface area contributed by atoms with Crippen LogP contribution in [0.2, 0.25) is 0 Å². The van der Waals surface area contributed by atoms with Gasteiger partial charge in [-0.05, 0) is 22.5 Å². The van der Waals surface area contributed by atoms with Crippen molar-refractivity contribution in [2.75, 3.05) is 0 Å². The molecule has 0 heterocycles. The van der Waals surface area contributed by atoms with Crippen molar-refractivity contribution in [2.24, 2.45) is 0 Å². The predicted molar refractivity (Wildman–Crippen MR) is 69.8 cm³/mol. The average molecular weight is 272 g/mol. The van der Waals surface area contributed by atoms with E-state index in [4.69, 9.17) is 0 Å². The largest absolute Gasteiger partial charge is 1.00 e. The number of rotatable bonds is 1. The van der Waals surface area contributed by atoms with Gasteiger partial charge in [-0.1, -0.05) is 47.6 Å². The van der Waals surface area contributed by atoms with Gasteiger partial charge in [-0.2, -0.15) is 0 Å². The second kappa shape index (κ2) is 5.86. The van der Waals surface area contributed by atoms with Gasteiger partial charge >= 0.3 is 29.6 Å². The molecule has 19 heavy (non-hydrogen) atoms. The maximum Gasteiger partial charge on any atom is 1.00 e. The first-order valence-electron chi connectivity index (χ1n) is 6.04. The van der Waals surface area contributed by atoms with E-state index in [9.17, 15) is 15.0 Å². The standard InChI is InChI=1S/C15H22O3.Na/c1-14(2,3)9-7-10(13(17)18)12(16)11(8-9)15(4,5)6;/h7-8,16H,1-6H3,(H,17,18);/q;+1/p-1. The van der Waals surface area contributed by atoms with Crippen molar-refractivity contribution in [1.29, 1.82) is 0 Å². The molecular weight excluding hydrogens is 251 g/mol. The molecule has 1 N–H and O–H groups in total. The van der Waals surface area contributed by atoms with Crippen molar-refractivity contribution in [3.8, 4) is 5.75 Å². The summed E-state index contributed by atoms with van der Waals surface area (Å²) in [5, 5.41) is 21.2. The van der Waals surface area contributed by atoms with Crippen LogP contribution in [0.5, 0.6) is 5.75 Å². The molecule has 0 atom stereocenters. The normalized spacial score (nSPS) is 11.9. The SMILES string of the molecule is CC(C)(C)c1cc(C(=O)[O-])c(O)c(C(C)(C)C)c1.[Na+]. The first-order chi connectivity index (χ1) is 7.94. The number of carboxylic acid groups (broad SMARTS) is 1. The molecule has 3 nitrogen and oxygen atoms in total. The molecule has 0 aliphatic rings. The predicted octanol–water partition coefficient (Wildman–Crippen LogP) is -0.645. The maximum absolute atomic E-state index is 11.1. The molecule has 1 rings (SSSR count). The van der Waals surface area contributed by atoms with Gasteiger partial charge in [0.2, 0.25) is 0 Å². The summed E-state index contributed by atoms with van der Waals surface area (Å²) in [6, 6.07) is 3.38. The minimum Gasteiger partial charge on any atom is -0.545 e. The Bertz CT molecular complexity index is 479. The molecule has 0 saturated carbocycles. The van der Waals surface area contributed by atoms with Gasteiger partial charge in [0.25, 0.3) is 0 Å². The molecule has 0 fully saturated rings. The number of benzene rings is 1. The molecule has 1 aromatic rings. The third kappa shape index (κ3) is 4.23. The fourth-order valence-corrected chi connectivity index (χ4v) is 1.79. The second-order valence-electron chi connectivity index (χ2n) is 6.71. The monoisotopic (exact) mass is 272 g/mol. The van der Waals surface area contributed by atoms with E-state index in [2.05, 4.69) is 0 Å². The summed E-state index contributed by atoms with van der Waals surface area (Å²) in [5.74, 6) is -1.53. The van der Waals surface area contributed by atoms with Crippen LogP contribution in [0, 0.1) is 0 Å². The molecule has 0 aromatic heterocycles. The van der Waals surface area contributed by atoms with Crippen LogP contribution in [0.1, 0.15) is 63.0 Å². The number of carbonyl (C=O) groups is 1. The van der Waals surface area contributed by atoms with Crippen LogP contribution in [0.4, 0.5) is 0 Å². The van der Waals surface area contributed by atoms with Gasteiger partial charge in [-0.3, -0.25) is 0 Å². The van der Waals surface area contributed by atoms with Crippen LogP contribution < -0.4 is 34.7 Å². The van der Waals surface area contributed by atoms with Crippen LogP contribution in [0.3, 0.4) is 0 Å². The zero-order chi connectivity index (χ0) is 14.3. The Hall–Kier alpha value is -0.510. The average Bonchev–Trinajstić information content (AvgIpc) is 2.13. The van der Waals surface area contributed by atoms with E-state index in [0.717, 1.165) is 5.56 Å². The van der Waals surface area contributed by atoms with Crippen LogP contribution in [-0.2, 0) is 10.8 Å². The second-order valence-corrected chi connectivity index (χ2v) is 6.71. The van der Waals surface area contributed by atoms with Crippen LogP contribution in [0.25, 0.3) is 0 Å². The number of carboxylic acids is 1. The molecule has 4 heteroatoms. The summed E-state index contributed by atoms with van der Waals surface area (Å²) < 4.78 is 0. The van der Waals surface area contributed by atoms with E-state index < -0.39 is 5.97 Å². The van der Waals surface area contributed by atoms with E-state index in [1.165, 1.54) is 6.07 Å². The Morgan fingerprint density at radius 1 is 1.05 bits per heavy atom. The van der Waals surface area contributed by atoms with E-state index >= 15 is 0 Å². The number of aromatic carboxylic acids is 1. The van der Waals surface area contributed by atoms with Gasteiger partial charge in [0.1, 0.15) is 5.75 Å². The van der Waals surface area contributed by atoms with Crippen molar-refractivity contribution < 1.29 is 44.6 Å². The summed E-state index contributed by atoms with van der Waals surface area (Å²) in [7, 11) is 0. The molecule has 1 aromatic carbocycles. The van der Waals surface area contributed by atoms with Gasteiger partial charge in [0, 0.05) is 11.1 Å². The van der Waals surface area contributed by atoms with Gasteiger partial charge in [0.15, 0.2) is 0 Å².